The first-order valence-corrected chi connectivity index (χ1v) is 7.88. The number of aliphatic carboxylic acids is 1. The third-order valence-corrected chi connectivity index (χ3v) is 3.59. The highest BCUT2D eigenvalue weighted by Crippen LogP contribution is 2.33. The molecule has 1 N–H and O–H groups in total. The van der Waals surface area contributed by atoms with Crippen LogP contribution in [0.3, 0.4) is 0 Å². The molecule has 1 aromatic heterocycles. The summed E-state index contributed by atoms with van der Waals surface area (Å²) in [4.78, 5) is 14.2. The van der Waals surface area contributed by atoms with Gasteiger partial charge in [-0.1, -0.05) is 23.7 Å². The molecule has 2 rings (SSSR count). The van der Waals surface area contributed by atoms with Gasteiger partial charge in [0.05, 0.1) is 34.9 Å². The van der Waals surface area contributed by atoms with Crippen molar-refractivity contribution in [2.24, 2.45) is 0 Å². The fraction of sp³-hybridized carbons (Fsp3) is 0.167. The van der Waals surface area contributed by atoms with Gasteiger partial charge >= 0.3 is 12.1 Å². The average molecular weight is 397 g/mol. The van der Waals surface area contributed by atoms with Gasteiger partial charge in [0.25, 0.3) is 0 Å². The van der Waals surface area contributed by atoms with Crippen molar-refractivity contribution in [1.29, 1.82) is 5.26 Å². The van der Waals surface area contributed by atoms with Crippen molar-refractivity contribution < 1.29 is 27.8 Å². The summed E-state index contributed by atoms with van der Waals surface area (Å²) < 4.78 is 43.4. The summed E-state index contributed by atoms with van der Waals surface area (Å²) in [7, 11) is 0. The van der Waals surface area contributed by atoms with Crippen molar-refractivity contribution in [2.75, 3.05) is 6.61 Å². The van der Waals surface area contributed by atoms with E-state index in [2.05, 4.69) is 4.98 Å². The Bertz CT molecular complexity index is 921. The Morgan fingerprint density at radius 2 is 2.11 bits per heavy atom. The zero-order chi connectivity index (χ0) is 20.0. The maximum absolute atomic E-state index is 12.7. The van der Waals surface area contributed by atoms with E-state index in [1.165, 1.54) is 6.08 Å². The van der Waals surface area contributed by atoms with Crippen LogP contribution in [0.15, 0.2) is 36.5 Å². The average Bonchev–Trinajstić information content (AvgIpc) is 2.59. The van der Waals surface area contributed by atoms with Gasteiger partial charge in [-0.2, -0.15) is 18.4 Å². The van der Waals surface area contributed by atoms with Crippen LogP contribution in [0.1, 0.15) is 23.2 Å². The highest BCUT2D eigenvalue weighted by Gasteiger charge is 2.31. The number of nitriles is 1. The first kappa shape index (κ1) is 20.3. The number of hydrogen-bond acceptors (Lipinski definition) is 4. The minimum absolute atomic E-state index is 0.0279. The third kappa shape index (κ3) is 5.72. The number of hydrogen-bond donors (Lipinski definition) is 1. The molecular formula is C18H12ClF3N2O3. The summed E-state index contributed by atoms with van der Waals surface area (Å²) in [5, 5.41) is 17.6. The lowest BCUT2D eigenvalue weighted by atomic mass is 10.1. The zero-order valence-corrected chi connectivity index (χ0v) is 14.4. The molecule has 0 saturated carbocycles. The number of alkyl halides is 3. The number of carboxylic acid groups (broad SMARTS) is 1. The first-order chi connectivity index (χ1) is 12.7. The van der Waals surface area contributed by atoms with Crippen LogP contribution in [0.4, 0.5) is 13.2 Å². The Morgan fingerprint density at radius 3 is 2.70 bits per heavy atom. The summed E-state index contributed by atoms with van der Waals surface area (Å²) in [6.07, 6.45) is -2.76. The van der Waals surface area contributed by atoms with Crippen molar-refractivity contribution in [1.82, 2.24) is 4.98 Å². The molecule has 0 aliphatic carbocycles. The van der Waals surface area contributed by atoms with Gasteiger partial charge in [-0.05, 0) is 29.8 Å². The number of rotatable bonds is 6. The summed E-state index contributed by atoms with van der Waals surface area (Å²) in [6.45, 7) is -0.0279. The molecular weight excluding hydrogens is 385 g/mol. The molecule has 2 aromatic rings. The highest BCUT2D eigenvalue weighted by atomic mass is 35.5. The van der Waals surface area contributed by atoms with Crippen molar-refractivity contribution in [3.63, 3.8) is 0 Å². The molecule has 0 fully saturated rings. The first-order valence-electron chi connectivity index (χ1n) is 7.50. The Labute approximate surface area is 157 Å². The largest absolute Gasteiger partial charge is 0.493 e. The topological polar surface area (TPSA) is 83.2 Å². The second-order valence-corrected chi connectivity index (χ2v) is 5.69. The lowest BCUT2D eigenvalue weighted by molar-refractivity contribution is -0.138. The number of benzene rings is 1. The normalized spacial score (nSPS) is 11.7. The van der Waals surface area contributed by atoms with E-state index in [1.54, 1.807) is 24.3 Å². The van der Waals surface area contributed by atoms with Gasteiger partial charge in [-0.15, -0.1) is 0 Å². The SMILES string of the molecule is N#C/C(=C/c1cccc(OCCC(=O)O)c1)c1ncc(C(F)(F)F)cc1Cl. The molecule has 27 heavy (non-hydrogen) atoms. The number of ether oxygens (including phenoxy) is 1. The van der Waals surface area contributed by atoms with E-state index in [0.717, 1.165) is 0 Å². The minimum Gasteiger partial charge on any atom is -0.493 e. The maximum Gasteiger partial charge on any atom is 0.417 e. The number of nitrogens with zero attached hydrogens (tertiary/aromatic N) is 2. The molecule has 1 aromatic carbocycles. The molecule has 1 heterocycles. The van der Waals surface area contributed by atoms with E-state index in [1.807, 2.05) is 6.07 Å². The van der Waals surface area contributed by atoms with Gasteiger partial charge < -0.3 is 9.84 Å². The lowest BCUT2D eigenvalue weighted by Gasteiger charge is -2.09. The molecule has 5 nitrogen and oxygen atoms in total. The standard InChI is InChI=1S/C18H12ClF3N2O3/c19-15-8-13(18(20,21)22)10-24-17(15)12(9-23)6-11-2-1-3-14(7-11)27-5-4-16(25)26/h1-3,6-8,10H,4-5H2,(H,25,26)/b12-6-. The van der Waals surface area contributed by atoms with Crippen molar-refractivity contribution in [2.45, 2.75) is 12.6 Å². The lowest BCUT2D eigenvalue weighted by Crippen LogP contribution is -2.06. The van der Waals surface area contributed by atoms with Gasteiger partial charge in [-0.25, -0.2) is 0 Å². The Balaban J connectivity index is 2.29. The van der Waals surface area contributed by atoms with E-state index in [9.17, 15) is 23.2 Å². The minimum atomic E-state index is -4.59. The quantitative estimate of drug-likeness (QED) is 0.717. The van der Waals surface area contributed by atoms with Crippen molar-refractivity contribution >= 4 is 29.2 Å². The van der Waals surface area contributed by atoms with Crippen LogP contribution in [0.2, 0.25) is 5.02 Å². The second-order valence-electron chi connectivity index (χ2n) is 5.29. The smallest absolute Gasteiger partial charge is 0.417 e. The van der Waals surface area contributed by atoms with Crippen LogP contribution in [0.25, 0.3) is 11.6 Å². The number of carbonyl (C=O) groups is 1. The molecule has 0 radical (unpaired) electrons. The predicted molar refractivity (Wildman–Crippen MR) is 91.9 cm³/mol. The number of aromatic nitrogens is 1. The summed E-state index contributed by atoms with van der Waals surface area (Å²) in [6, 6.07) is 8.99. The van der Waals surface area contributed by atoms with Crippen LogP contribution in [0.5, 0.6) is 5.75 Å². The van der Waals surface area contributed by atoms with Crippen molar-refractivity contribution in [3.8, 4) is 11.8 Å². The Morgan fingerprint density at radius 1 is 1.37 bits per heavy atom. The Kier molecular flexibility index (Phi) is 6.42. The van der Waals surface area contributed by atoms with Crippen LogP contribution >= 0.6 is 11.6 Å². The fourth-order valence-electron chi connectivity index (χ4n) is 2.06. The highest BCUT2D eigenvalue weighted by molar-refractivity contribution is 6.32. The van der Waals surface area contributed by atoms with Gasteiger partial charge in [0.1, 0.15) is 11.8 Å². The molecule has 0 saturated heterocycles. The molecule has 0 aliphatic rings. The Hall–Kier alpha value is -3.05. The molecule has 0 bridgehead atoms. The maximum atomic E-state index is 12.7. The molecule has 140 valence electrons. The van der Waals surface area contributed by atoms with E-state index in [0.29, 0.717) is 23.6 Å². The third-order valence-electron chi connectivity index (χ3n) is 3.30. The summed E-state index contributed by atoms with van der Waals surface area (Å²) >= 11 is 5.87. The number of allylic oxidation sites excluding steroid dienone is 1. The summed E-state index contributed by atoms with van der Waals surface area (Å²) in [5.74, 6) is -0.616. The molecule has 0 unspecified atom stereocenters. The van der Waals surface area contributed by atoms with Crippen molar-refractivity contribution in [3.05, 3.63) is 58.4 Å². The zero-order valence-electron chi connectivity index (χ0n) is 13.6. The van der Waals surface area contributed by atoms with E-state index in [-0.39, 0.29) is 29.3 Å². The number of pyridine rings is 1. The van der Waals surface area contributed by atoms with Crippen LogP contribution in [-0.2, 0) is 11.0 Å². The molecule has 9 heteroatoms. The van der Waals surface area contributed by atoms with Crippen LogP contribution in [0, 0.1) is 11.3 Å². The second kappa shape index (κ2) is 8.56. The van der Waals surface area contributed by atoms with E-state index in [4.69, 9.17) is 21.4 Å². The molecule has 0 spiro atoms. The monoisotopic (exact) mass is 396 g/mol. The van der Waals surface area contributed by atoms with Gasteiger partial charge in [-0.3, -0.25) is 9.78 Å². The van der Waals surface area contributed by atoms with Gasteiger partial charge in [0, 0.05) is 6.20 Å². The van der Waals surface area contributed by atoms with Crippen LogP contribution in [-0.4, -0.2) is 22.7 Å². The number of halogens is 4. The van der Waals surface area contributed by atoms with E-state index < -0.39 is 17.7 Å². The van der Waals surface area contributed by atoms with E-state index >= 15 is 0 Å². The molecule has 0 aliphatic heterocycles. The van der Waals surface area contributed by atoms with Crippen LogP contribution < -0.4 is 4.74 Å². The predicted octanol–water partition coefficient (Wildman–Crippen LogP) is 4.67. The number of carboxylic acids is 1. The van der Waals surface area contributed by atoms with Gasteiger partial charge in [0.2, 0.25) is 0 Å². The molecule has 0 amide bonds. The van der Waals surface area contributed by atoms with Gasteiger partial charge in [0.15, 0.2) is 0 Å². The fourth-order valence-corrected chi connectivity index (χ4v) is 2.33. The summed E-state index contributed by atoms with van der Waals surface area (Å²) in [5.41, 5.74) is -0.611. The molecule has 0 atom stereocenters.